The summed E-state index contributed by atoms with van der Waals surface area (Å²) < 4.78 is 1.43. The lowest BCUT2D eigenvalue weighted by molar-refractivity contribution is 0.102. The van der Waals surface area contributed by atoms with Gasteiger partial charge >= 0.3 is 5.69 Å². The van der Waals surface area contributed by atoms with E-state index in [9.17, 15) is 14.4 Å². The molecule has 3 heterocycles. The molecule has 0 bridgehead atoms. The highest BCUT2D eigenvalue weighted by molar-refractivity contribution is 6.14. The highest BCUT2D eigenvalue weighted by Gasteiger charge is 2.21. The van der Waals surface area contributed by atoms with Crippen molar-refractivity contribution >= 4 is 33.5 Å². The Kier molecular flexibility index (Phi) is 5.61. The molecule has 32 heavy (non-hydrogen) atoms. The molecule has 0 fully saturated rings. The van der Waals surface area contributed by atoms with E-state index < -0.39 is 17.2 Å². The van der Waals surface area contributed by atoms with Crippen LogP contribution in [0.1, 0.15) is 49.7 Å². The van der Waals surface area contributed by atoms with Crippen LogP contribution in [0, 0.1) is 5.92 Å². The molecule has 0 radical (unpaired) electrons. The predicted octanol–water partition coefficient (Wildman–Crippen LogP) is 3.66. The van der Waals surface area contributed by atoms with Gasteiger partial charge in [-0.2, -0.15) is 0 Å². The number of H-pyrrole nitrogens is 1. The van der Waals surface area contributed by atoms with Gasteiger partial charge in [0.05, 0.1) is 22.2 Å². The van der Waals surface area contributed by atoms with Crippen LogP contribution in [0.25, 0.3) is 21.9 Å². The Bertz CT molecular complexity index is 1440. The Hall–Kier alpha value is -3.81. The van der Waals surface area contributed by atoms with Crippen molar-refractivity contribution in [3.63, 3.8) is 0 Å². The molecular weight excluding hydrogens is 406 g/mol. The number of hydrogen-bond donors (Lipinski definition) is 2. The number of rotatable bonds is 5. The van der Waals surface area contributed by atoms with Crippen LogP contribution in [0.15, 0.2) is 52.2 Å². The van der Waals surface area contributed by atoms with Crippen molar-refractivity contribution in [2.75, 3.05) is 5.32 Å². The lowest BCUT2D eigenvalue weighted by Crippen LogP contribution is -2.33. The highest BCUT2D eigenvalue weighted by atomic mass is 16.2. The summed E-state index contributed by atoms with van der Waals surface area (Å²) in [5.41, 5.74) is 1.04. The van der Waals surface area contributed by atoms with E-state index in [0.717, 1.165) is 5.39 Å². The molecule has 0 atom stereocenters. The Labute approximate surface area is 184 Å². The molecule has 3 aromatic heterocycles. The first-order valence-electron chi connectivity index (χ1n) is 10.6. The van der Waals surface area contributed by atoms with Gasteiger partial charge in [-0.15, -0.1) is 0 Å². The van der Waals surface area contributed by atoms with E-state index in [1.54, 1.807) is 18.3 Å². The van der Waals surface area contributed by atoms with Crippen LogP contribution in [-0.2, 0) is 6.54 Å². The maximum Gasteiger partial charge on any atom is 0.330 e. The fourth-order valence-electron chi connectivity index (χ4n) is 3.70. The lowest BCUT2D eigenvalue weighted by Gasteiger charge is -2.16. The molecular formula is C24H25N5O3. The number of benzene rings is 1. The minimum atomic E-state index is -0.631. The van der Waals surface area contributed by atoms with Gasteiger partial charge in [-0.05, 0) is 30.0 Å². The van der Waals surface area contributed by atoms with E-state index in [4.69, 9.17) is 0 Å². The van der Waals surface area contributed by atoms with E-state index in [0.29, 0.717) is 23.4 Å². The number of nitrogens with zero attached hydrogens (tertiary/aromatic N) is 3. The van der Waals surface area contributed by atoms with Gasteiger partial charge in [-0.3, -0.25) is 24.1 Å². The topological polar surface area (TPSA) is 110 Å². The predicted molar refractivity (Wildman–Crippen MR) is 125 cm³/mol. The van der Waals surface area contributed by atoms with Gasteiger partial charge in [0.1, 0.15) is 0 Å². The fraction of sp³-hybridized carbons (Fsp3) is 0.292. The Morgan fingerprint density at radius 3 is 2.59 bits per heavy atom. The third kappa shape index (κ3) is 3.91. The zero-order valence-corrected chi connectivity index (χ0v) is 18.5. The SMILES string of the molecule is CC(C)Cn1c(=O)[nH]c(=O)c2c(C(=O)Nc3cccc4cccnc34)cc(C(C)C)nc21. The minimum absolute atomic E-state index is 0.00735. The molecule has 0 unspecified atom stereocenters. The van der Waals surface area contributed by atoms with Crippen LogP contribution >= 0.6 is 0 Å². The number of hydrogen-bond acceptors (Lipinski definition) is 5. The van der Waals surface area contributed by atoms with Crippen molar-refractivity contribution in [1.82, 2.24) is 19.5 Å². The third-order valence-corrected chi connectivity index (χ3v) is 5.23. The van der Waals surface area contributed by atoms with Crippen molar-refractivity contribution in [2.24, 2.45) is 5.92 Å². The van der Waals surface area contributed by atoms with Gasteiger partial charge in [-0.25, -0.2) is 9.78 Å². The van der Waals surface area contributed by atoms with Crippen LogP contribution < -0.4 is 16.6 Å². The average molecular weight is 431 g/mol. The number of pyridine rings is 2. The van der Waals surface area contributed by atoms with E-state index >= 15 is 0 Å². The minimum Gasteiger partial charge on any atom is -0.320 e. The first-order valence-corrected chi connectivity index (χ1v) is 10.6. The number of para-hydroxylation sites is 1. The maximum absolute atomic E-state index is 13.4. The molecule has 0 aliphatic carbocycles. The number of carbonyl (C=O) groups excluding carboxylic acids is 1. The van der Waals surface area contributed by atoms with Crippen LogP contribution in [0.4, 0.5) is 5.69 Å². The number of aromatic amines is 1. The summed E-state index contributed by atoms with van der Waals surface area (Å²) in [6, 6.07) is 10.9. The fourth-order valence-corrected chi connectivity index (χ4v) is 3.70. The summed E-state index contributed by atoms with van der Waals surface area (Å²) >= 11 is 0. The zero-order chi connectivity index (χ0) is 23.0. The molecule has 1 aromatic carbocycles. The van der Waals surface area contributed by atoms with Gasteiger partial charge in [0.25, 0.3) is 11.5 Å². The quantitative estimate of drug-likeness (QED) is 0.501. The van der Waals surface area contributed by atoms with Crippen LogP contribution in [0.5, 0.6) is 0 Å². The number of aromatic nitrogens is 4. The first-order chi connectivity index (χ1) is 15.3. The van der Waals surface area contributed by atoms with Crippen molar-refractivity contribution in [1.29, 1.82) is 0 Å². The Morgan fingerprint density at radius 2 is 1.88 bits per heavy atom. The van der Waals surface area contributed by atoms with Gasteiger partial charge in [0.2, 0.25) is 0 Å². The third-order valence-electron chi connectivity index (χ3n) is 5.23. The zero-order valence-electron chi connectivity index (χ0n) is 18.5. The standard InChI is InChI=1S/C24H25N5O3/c1-13(2)12-29-21-19(23(31)28-24(29)32)16(11-18(26-21)14(3)4)22(30)27-17-9-5-7-15-8-6-10-25-20(15)17/h5-11,13-14H,12H2,1-4H3,(H,27,30)(H,28,31,32). The summed E-state index contributed by atoms with van der Waals surface area (Å²) in [7, 11) is 0. The number of nitrogens with one attached hydrogen (secondary N) is 2. The van der Waals surface area contributed by atoms with Crippen molar-refractivity contribution in [3.8, 4) is 0 Å². The molecule has 4 rings (SSSR count). The number of carbonyl (C=O) groups is 1. The molecule has 0 spiro atoms. The smallest absolute Gasteiger partial charge is 0.320 e. The molecule has 4 aromatic rings. The summed E-state index contributed by atoms with van der Waals surface area (Å²) in [5, 5.41) is 3.88. The summed E-state index contributed by atoms with van der Waals surface area (Å²) in [6.45, 7) is 8.20. The molecule has 2 N–H and O–H groups in total. The van der Waals surface area contributed by atoms with Gasteiger partial charge < -0.3 is 5.32 Å². The molecule has 1 amide bonds. The first kappa shape index (κ1) is 21.4. The Balaban J connectivity index is 1.93. The lowest BCUT2D eigenvalue weighted by atomic mass is 10.0. The number of anilines is 1. The molecule has 0 saturated heterocycles. The van der Waals surface area contributed by atoms with Gasteiger partial charge in [-0.1, -0.05) is 45.9 Å². The van der Waals surface area contributed by atoms with Gasteiger partial charge in [0.15, 0.2) is 5.65 Å². The second kappa shape index (κ2) is 8.37. The van der Waals surface area contributed by atoms with E-state index in [-0.39, 0.29) is 28.4 Å². The van der Waals surface area contributed by atoms with E-state index in [2.05, 4.69) is 20.3 Å². The Morgan fingerprint density at radius 1 is 1.12 bits per heavy atom. The van der Waals surface area contributed by atoms with Crippen molar-refractivity contribution < 1.29 is 4.79 Å². The van der Waals surface area contributed by atoms with Crippen LogP contribution in [0.2, 0.25) is 0 Å². The second-order valence-electron chi connectivity index (χ2n) is 8.55. The molecule has 164 valence electrons. The molecule has 0 saturated carbocycles. The van der Waals surface area contributed by atoms with E-state index in [1.165, 1.54) is 4.57 Å². The average Bonchev–Trinajstić information content (AvgIpc) is 2.75. The van der Waals surface area contributed by atoms with Crippen molar-refractivity contribution in [2.45, 2.75) is 40.2 Å². The van der Waals surface area contributed by atoms with E-state index in [1.807, 2.05) is 52.0 Å². The number of fused-ring (bicyclic) bond motifs is 2. The number of amides is 1. The monoisotopic (exact) mass is 431 g/mol. The summed E-state index contributed by atoms with van der Waals surface area (Å²) in [5.74, 6) is -0.324. The molecule has 0 aliphatic rings. The molecule has 8 nitrogen and oxygen atoms in total. The summed E-state index contributed by atoms with van der Waals surface area (Å²) in [4.78, 5) is 50.1. The normalized spacial score (nSPS) is 11.6. The van der Waals surface area contributed by atoms with Crippen LogP contribution in [0.3, 0.4) is 0 Å². The molecule has 0 aliphatic heterocycles. The van der Waals surface area contributed by atoms with Crippen molar-refractivity contribution in [3.05, 3.63) is 74.7 Å². The molecule has 8 heteroatoms. The highest BCUT2D eigenvalue weighted by Crippen LogP contribution is 2.24. The maximum atomic E-state index is 13.4. The largest absolute Gasteiger partial charge is 0.330 e. The summed E-state index contributed by atoms with van der Waals surface area (Å²) in [6.07, 6.45) is 1.66. The van der Waals surface area contributed by atoms with Gasteiger partial charge in [0, 0.05) is 23.8 Å². The second-order valence-corrected chi connectivity index (χ2v) is 8.55. The van der Waals surface area contributed by atoms with Crippen LogP contribution in [-0.4, -0.2) is 25.4 Å².